The number of nitrogens with two attached hydrogens (primary N) is 1. The summed E-state index contributed by atoms with van der Waals surface area (Å²) in [6.07, 6.45) is 4.13. The number of hydrogen-bond donors (Lipinski definition) is 2. The number of anilines is 1. The van der Waals surface area contributed by atoms with E-state index in [1.807, 2.05) is 13.8 Å². The van der Waals surface area contributed by atoms with Crippen LogP contribution in [0.3, 0.4) is 0 Å². The van der Waals surface area contributed by atoms with Gasteiger partial charge in [-0.1, -0.05) is 6.92 Å². The number of aromatic nitrogens is 4. The molecule has 6 heteroatoms. The Morgan fingerprint density at radius 2 is 1.88 bits per heavy atom. The average molecular weight is 230 g/mol. The van der Waals surface area contributed by atoms with E-state index in [2.05, 4.69) is 25.4 Å². The molecule has 0 atom stereocenters. The zero-order valence-electron chi connectivity index (χ0n) is 9.81. The molecule has 2 heterocycles. The average Bonchev–Trinajstić information content (AvgIpc) is 2.38. The van der Waals surface area contributed by atoms with Crippen molar-refractivity contribution in [2.75, 3.05) is 5.43 Å². The summed E-state index contributed by atoms with van der Waals surface area (Å²) >= 11 is 0. The minimum atomic E-state index is 0.480. The molecule has 0 saturated carbocycles. The van der Waals surface area contributed by atoms with Gasteiger partial charge in [0.1, 0.15) is 5.82 Å². The molecule has 0 saturated heterocycles. The Hall–Kier alpha value is -2.08. The summed E-state index contributed by atoms with van der Waals surface area (Å²) in [5.74, 6) is 7.06. The quantitative estimate of drug-likeness (QED) is 0.606. The summed E-state index contributed by atoms with van der Waals surface area (Å²) in [4.78, 5) is 16.9. The Morgan fingerprint density at radius 1 is 1.18 bits per heavy atom. The second-order valence-electron chi connectivity index (χ2n) is 3.53. The molecule has 3 N–H and O–H groups in total. The number of nitrogen functional groups attached to an aromatic ring is 1. The van der Waals surface area contributed by atoms with Crippen molar-refractivity contribution in [2.45, 2.75) is 20.3 Å². The van der Waals surface area contributed by atoms with Crippen LogP contribution in [-0.4, -0.2) is 19.9 Å². The highest BCUT2D eigenvalue weighted by atomic mass is 15.3. The maximum Gasteiger partial charge on any atom is 0.199 e. The third-order valence-corrected chi connectivity index (χ3v) is 2.47. The monoisotopic (exact) mass is 230 g/mol. The van der Waals surface area contributed by atoms with Crippen molar-refractivity contribution in [3.8, 4) is 11.6 Å². The van der Waals surface area contributed by atoms with E-state index < -0.39 is 0 Å². The van der Waals surface area contributed by atoms with Gasteiger partial charge in [-0.05, 0) is 19.4 Å². The molecule has 0 radical (unpaired) electrons. The zero-order valence-corrected chi connectivity index (χ0v) is 9.81. The van der Waals surface area contributed by atoms with Crippen LogP contribution in [-0.2, 0) is 6.42 Å². The van der Waals surface area contributed by atoms with Gasteiger partial charge in [0, 0.05) is 23.7 Å². The Labute approximate surface area is 99.3 Å². The van der Waals surface area contributed by atoms with Gasteiger partial charge in [0.2, 0.25) is 0 Å². The van der Waals surface area contributed by atoms with Crippen LogP contribution in [0, 0.1) is 6.92 Å². The third-order valence-electron chi connectivity index (χ3n) is 2.47. The molecular formula is C11H14N6. The standard InChI is InChI=1S/C11H14N6/c1-3-8-7(2)15-11(16-9(8)17-12)10-13-5-4-6-14-10/h4-6H,3,12H2,1-2H3,(H,15,16,17). The summed E-state index contributed by atoms with van der Waals surface area (Å²) < 4.78 is 0. The lowest BCUT2D eigenvalue weighted by Crippen LogP contribution is -2.14. The van der Waals surface area contributed by atoms with Crippen molar-refractivity contribution in [1.82, 2.24) is 19.9 Å². The first-order valence-corrected chi connectivity index (χ1v) is 5.37. The van der Waals surface area contributed by atoms with Crippen molar-refractivity contribution in [3.63, 3.8) is 0 Å². The highest BCUT2D eigenvalue weighted by Gasteiger charge is 2.11. The van der Waals surface area contributed by atoms with Crippen LogP contribution in [0.25, 0.3) is 11.6 Å². The molecule has 0 aliphatic heterocycles. The fourth-order valence-electron chi connectivity index (χ4n) is 1.65. The number of nitrogens with one attached hydrogen (secondary N) is 1. The second-order valence-corrected chi connectivity index (χ2v) is 3.53. The largest absolute Gasteiger partial charge is 0.308 e. The van der Waals surface area contributed by atoms with Crippen LogP contribution in [0.15, 0.2) is 18.5 Å². The summed E-state index contributed by atoms with van der Waals surface area (Å²) in [5, 5.41) is 0. The van der Waals surface area contributed by atoms with Crippen molar-refractivity contribution in [1.29, 1.82) is 0 Å². The molecule has 2 aromatic heterocycles. The lowest BCUT2D eigenvalue weighted by molar-refractivity contribution is 0.976. The number of hydrazine groups is 1. The smallest absolute Gasteiger partial charge is 0.199 e. The molecule has 88 valence electrons. The number of nitrogens with zero attached hydrogens (tertiary/aromatic N) is 4. The number of rotatable bonds is 3. The van der Waals surface area contributed by atoms with E-state index in [9.17, 15) is 0 Å². The summed E-state index contributed by atoms with van der Waals surface area (Å²) in [6.45, 7) is 3.96. The number of hydrogen-bond acceptors (Lipinski definition) is 6. The van der Waals surface area contributed by atoms with Gasteiger partial charge in [0.15, 0.2) is 11.6 Å². The van der Waals surface area contributed by atoms with Crippen LogP contribution in [0.5, 0.6) is 0 Å². The van der Waals surface area contributed by atoms with E-state index in [0.29, 0.717) is 17.5 Å². The van der Waals surface area contributed by atoms with Crippen molar-refractivity contribution in [2.24, 2.45) is 5.84 Å². The molecule has 6 nitrogen and oxygen atoms in total. The third kappa shape index (κ3) is 2.21. The normalized spacial score (nSPS) is 10.3. The van der Waals surface area contributed by atoms with Crippen LogP contribution in [0.4, 0.5) is 5.82 Å². The van der Waals surface area contributed by atoms with Gasteiger partial charge in [0.05, 0.1) is 0 Å². The van der Waals surface area contributed by atoms with Crippen LogP contribution in [0.1, 0.15) is 18.2 Å². The first-order chi connectivity index (χ1) is 8.26. The fourth-order valence-corrected chi connectivity index (χ4v) is 1.65. The van der Waals surface area contributed by atoms with Gasteiger partial charge in [-0.25, -0.2) is 25.8 Å². The molecule has 0 aliphatic rings. The second kappa shape index (κ2) is 4.84. The minimum Gasteiger partial charge on any atom is -0.308 e. The molecule has 0 bridgehead atoms. The summed E-state index contributed by atoms with van der Waals surface area (Å²) in [5.41, 5.74) is 4.48. The van der Waals surface area contributed by atoms with Gasteiger partial charge in [-0.15, -0.1) is 0 Å². The van der Waals surface area contributed by atoms with Gasteiger partial charge in [-0.3, -0.25) is 0 Å². The van der Waals surface area contributed by atoms with Crippen LogP contribution in [0.2, 0.25) is 0 Å². The highest BCUT2D eigenvalue weighted by molar-refractivity contribution is 5.53. The highest BCUT2D eigenvalue weighted by Crippen LogP contribution is 2.19. The molecular weight excluding hydrogens is 216 g/mol. The SMILES string of the molecule is CCc1c(C)nc(-c2ncccn2)nc1NN. The zero-order chi connectivity index (χ0) is 12.3. The van der Waals surface area contributed by atoms with E-state index in [4.69, 9.17) is 5.84 Å². The molecule has 2 rings (SSSR count). The van der Waals surface area contributed by atoms with Crippen LogP contribution >= 0.6 is 0 Å². The van der Waals surface area contributed by atoms with E-state index in [-0.39, 0.29) is 0 Å². The first kappa shape index (κ1) is 11.4. The van der Waals surface area contributed by atoms with E-state index in [0.717, 1.165) is 17.7 Å². The fraction of sp³-hybridized carbons (Fsp3) is 0.273. The van der Waals surface area contributed by atoms with Gasteiger partial charge < -0.3 is 5.43 Å². The maximum atomic E-state index is 5.46. The Balaban J connectivity index is 2.54. The molecule has 0 aromatic carbocycles. The summed E-state index contributed by atoms with van der Waals surface area (Å²) in [7, 11) is 0. The summed E-state index contributed by atoms with van der Waals surface area (Å²) in [6, 6.07) is 1.75. The van der Waals surface area contributed by atoms with Crippen molar-refractivity contribution in [3.05, 3.63) is 29.7 Å². The molecule has 17 heavy (non-hydrogen) atoms. The molecule has 0 amide bonds. The predicted molar refractivity (Wildman–Crippen MR) is 65.0 cm³/mol. The van der Waals surface area contributed by atoms with Crippen LogP contribution < -0.4 is 11.3 Å². The minimum absolute atomic E-state index is 0.480. The van der Waals surface area contributed by atoms with E-state index >= 15 is 0 Å². The number of aryl methyl sites for hydroxylation is 1. The molecule has 0 unspecified atom stereocenters. The Bertz CT molecular complexity index is 511. The lowest BCUT2D eigenvalue weighted by atomic mass is 10.1. The molecule has 2 aromatic rings. The first-order valence-electron chi connectivity index (χ1n) is 5.37. The lowest BCUT2D eigenvalue weighted by Gasteiger charge is -2.10. The van der Waals surface area contributed by atoms with Crippen molar-refractivity contribution >= 4 is 5.82 Å². The van der Waals surface area contributed by atoms with Gasteiger partial charge >= 0.3 is 0 Å². The van der Waals surface area contributed by atoms with E-state index in [1.165, 1.54) is 0 Å². The van der Waals surface area contributed by atoms with E-state index in [1.54, 1.807) is 18.5 Å². The maximum absolute atomic E-state index is 5.46. The molecule has 0 aliphatic carbocycles. The van der Waals surface area contributed by atoms with Gasteiger partial charge in [-0.2, -0.15) is 0 Å². The van der Waals surface area contributed by atoms with Crippen molar-refractivity contribution < 1.29 is 0 Å². The Morgan fingerprint density at radius 3 is 2.47 bits per heavy atom. The Kier molecular flexibility index (Phi) is 3.24. The predicted octanol–water partition coefficient (Wildman–Crippen LogP) is 1.09. The molecule has 0 fully saturated rings. The van der Waals surface area contributed by atoms with Gasteiger partial charge in [0.25, 0.3) is 0 Å². The molecule has 0 spiro atoms. The topological polar surface area (TPSA) is 89.6 Å².